The Morgan fingerprint density at radius 2 is 1.88 bits per heavy atom. The molecule has 0 aliphatic heterocycles. The second-order valence-corrected chi connectivity index (χ2v) is 6.75. The predicted molar refractivity (Wildman–Crippen MR) is 102 cm³/mol. The lowest BCUT2D eigenvalue weighted by molar-refractivity contribution is 0.0989. The number of H-pyrrole nitrogens is 1. The van der Waals surface area contributed by atoms with Crippen LogP contribution in [0.25, 0.3) is 10.9 Å². The van der Waals surface area contributed by atoms with E-state index >= 15 is 0 Å². The number of anilines is 1. The highest BCUT2D eigenvalue weighted by Crippen LogP contribution is 2.30. The Labute approximate surface area is 153 Å². The van der Waals surface area contributed by atoms with E-state index in [0.717, 1.165) is 4.90 Å². The number of aromatic hydroxyl groups is 1. The quantitative estimate of drug-likeness (QED) is 0.682. The average molecular weight is 375 g/mol. The zero-order valence-electron chi connectivity index (χ0n) is 13.5. The minimum Gasteiger partial charge on any atom is -0.506 e. The summed E-state index contributed by atoms with van der Waals surface area (Å²) in [5.74, 6) is -0.919. The number of nitrogens with one attached hydrogen (secondary N) is 1. The molecule has 0 fully saturated rings. The Morgan fingerprint density at radius 3 is 2.52 bits per heavy atom. The molecule has 25 heavy (non-hydrogen) atoms. The number of pyridine rings is 1. The number of nitrogens with zero attached hydrogens (tertiary/aromatic N) is 1. The molecule has 1 amide bonds. The van der Waals surface area contributed by atoms with Crippen molar-refractivity contribution in [3.8, 4) is 5.75 Å². The summed E-state index contributed by atoms with van der Waals surface area (Å²) in [7, 11) is 1.53. The fourth-order valence-electron chi connectivity index (χ4n) is 2.53. The van der Waals surface area contributed by atoms with Gasteiger partial charge in [0, 0.05) is 28.0 Å². The standard InChI is InChI=1S/C18H15ClN2O3S/c1-21(11-5-3-10(19)4-6-11)18(24)15-16(22)13-9-12(25-2)7-8-14(13)20-17(15)23/h3-9H,1-2H3,(H2,20,22,23). The summed E-state index contributed by atoms with van der Waals surface area (Å²) in [4.78, 5) is 30.0. The van der Waals surface area contributed by atoms with Crippen LogP contribution in [0, 0.1) is 0 Å². The van der Waals surface area contributed by atoms with Crippen molar-refractivity contribution in [1.82, 2.24) is 4.98 Å². The largest absolute Gasteiger partial charge is 0.506 e. The van der Waals surface area contributed by atoms with Gasteiger partial charge in [0.1, 0.15) is 11.3 Å². The van der Waals surface area contributed by atoms with E-state index in [0.29, 0.717) is 21.6 Å². The van der Waals surface area contributed by atoms with Crippen molar-refractivity contribution < 1.29 is 9.90 Å². The number of carbonyl (C=O) groups is 1. The van der Waals surface area contributed by atoms with Crippen LogP contribution in [-0.4, -0.2) is 29.3 Å². The van der Waals surface area contributed by atoms with Gasteiger partial charge in [0.25, 0.3) is 11.5 Å². The van der Waals surface area contributed by atoms with E-state index in [4.69, 9.17) is 11.6 Å². The van der Waals surface area contributed by atoms with Gasteiger partial charge in [-0.2, -0.15) is 0 Å². The van der Waals surface area contributed by atoms with Crippen LogP contribution in [0.3, 0.4) is 0 Å². The number of benzene rings is 2. The third kappa shape index (κ3) is 3.23. The number of carbonyl (C=O) groups excluding carboxylic acids is 1. The zero-order valence-corrected chi connectivity index (χ0v) is 15.1. The molecule has 0 radical (unpaired) electrons. The second kappa shape index (κ2) is 6.82. The molecule has 7 heteroatoms. The summed E-state index contributed by atoms with van der Waals surface area (Å²) in [6, 6.07) is 11.9. The topological polar surface area (TPSA) is 73.4 Å². The van der Waals surface area contributed by atoms with E-state index in [1.165, 1.54) is 23.7 Å². The third-order valence-corrected chi connectivity index (χ3v) is 4.90. The molecule has 3 rings (SSSR count). The van der Waals surface area contributed by atoms with Gasteiger partial charge in [0.05, 0.1) is 5.52 Å². The SMILES string of the molecule is CSc1ccc2[nH]c(=O)c(C(=O)N(C)c3ccc(Cl)cc3)c(O)c2c1. The van der Waals surface area contributed by atoms with Crippen molar-refractivity contribution in [2.24, 2.45) is 0 Å². The van der Waals surface area contributed by atoms with E-state index in [9.17, 15) is 14.7 Å². The predicted octanol–water partition coefficient (Wildman–Crippen LogP) is 3.89. The number of hydrogen-bond donors (Lipinski definition) is 2. The lowest BCUT2D eigenvalue weighted by atomic mass is 10.1. The summed E-state index contributed by atoms with van der Waals surface area (Å²) in [6.45, 7) is 0. The van der Waals surface area contributed by atoms with Crippen LogP contribution in [0.15, 0.2) is 52.2 Å². The Morgan fingerprint density at radius 1 is 1.20 bits per heavy atom. The first kappa shape index (κ1) is 17.4. The van der Waals surface area contributed by atoms with Crippen LogP contribution in [0.1, 0.15) is 10.4 Å². The number of fused-ring (bicyclic) bond motifs is 1. The molecule has 2 N–H and O–H groups in total. The first-order valence-electron chi connectivity index (χ1n) is 7.39. The highest BCUT2D eigenvalue weighted by atomic mass is 35.5. The van der Waals surface area contributed by atoms with Gasteiger partial charge in [-0.15, -0.1) is 11.8 Å². The molecule has 1 aromatic heterocycles. The Hall–Kier alpha value is -2.44. The van der Waals surface area contributed by atoms with E-state index in [-0.39, 0.29) is 11.3 Å². The lowest BCUT2D eigenvalue weighted by Crippen LogP contribution is -2.31. The molecule has 128 valence electrons. The molecule has 3 aromatic rings. The van der Waals surface area contributed by atoms with Gasteiger partial charge >= 0.3 is 0 Å². The minimum atomic E-state index is -0.632. The average Bonchev–Trinajstić information content (AvgIpc) is 2.61. The number of halogens is 1. The molecule has 5 nitrogen and oxygen atoms in total. The fourth-order valence-corrected chi connectivity index (χ4v) is 3.10. The van der Waals surface area contributed by atoms with Crippen molar-refractivity contribution in [2.75, 3.05) is 18.2 Å². The molecule has 2 aromatic carbocycles. The minimum absolute atomic E-state index is 0.289. The van der Waals surface area contributed by atoms with Gasteiger partial charge in [0.15, 0.2) is 0 Å². The van der Waals surface area contributed by atoms with Crippen molar-refractivity contribution in [3.05, 3.63) is 63.4 Å². The van der Waals surface area contributed by atoms with E-state index in [1.807, 2.05) is 12.3 Å². The molecule has 0 spiro atoms. The number of aromatic amines is 1. The summed E-state index contributed by atoms with van der Waals surface area (Å²) in [5, 5.41) is 11.5. The number of amides is 1. The molecule has 0 atom stereocenters. The summed E-state index contributed by atoms with van der Waals surface area (Å²) in [6.07, 6.45) is 1.91. The normalized spacial score (nSPS) is 10.8. The van der Waals surface area contributed by atoms with Gasteiger partial charge in [-0.25, -0.2) is 0 Å². The van der Waals surface area contributed by atoms with E-state index in [1.54, 1.807) is 36.4 Å². The van der Waals surface area contributed by atoms with Crippen LogP contribution in [-0.2, 0) is 0 Å². The van der Waals surface area contributed by atoms with E-state index < -0.39 is 11.5 Å². The number of thioether (sulfide) groups is 1. The van der Waals surface area contributed by atoms with Crippen LogP contribution in [0.2, 0.25) is 5.02 Å². The summed E-state index contributed by atoms with van der Waals surface area (Å²) in [5.41, 5.74) is 0.119. The Kier molecular flexibility index (Phi) is 4.74. The molecule has 0 saturated heterocycles. The maximum atomic E-state index is 12.8. The smallest absolute Gasteiger partial charge is 0.267 e. The van der Waals surface area contributed by atoms with Crippen LogP contribution < -0.4 is 10.5 Å². The maximum Gasteiger partial charge on any atom is 0.267 e. The summed E-state index contributed by atoms with van der Waals surface area (Å²) >= 11 is 7.36. The molecular weight excluding hydrogens is 360 g/mol. The van der Waals surface area contributed by atoms with Gasteiger partial charge < -0.3 is 15.0 Å². The third-order valence-electron chi connectivity index (χ3n) is 3.93. The zero-order chi connectivity index (χ0) is 18.1. The monoisotopic (exact) mass is 374 g/mol. The first-order chi connectivity index (χ1) is 11.9. The second-order valence-electron chi connectivity index (χ2n) is 5.43. The highest BCUT2D eigenvalue weighted by Gasteiger charge is 2.23. The lowest BCUT2D eigenvalue weighted by Gasteiger charge is -2.18. The molecule has 0 aliphatic carbocycles. The van der Waals surface area contributed by atoms with Crippen LogP contribution in [0.5, 0.6) is 5.75 Å². The van der Waals surface area contributed by atoms with Crippen LogP contribution in [0.4, 0.5) is 5.69 Å². The van der Waals surface area contributed by atoms with Gasteiger partial charge in [0.2, 0.25) is 0 Å². The molecule has 1 heterocycles. The highest BCUT2D eigenvalue weighted by molar-refractivity contribution is 7.98. The molecule has 0 saturated carbocycles. The number of hydrogen-bond acceptors (Lipinski definition) is 4. The number of aromatic nitrogens is 1. The van der Waals surface area contributed by atoms with Crippen molar-refractivity contribution >= 4 is 45.9 Å². The molecule has 0 unspecified atom stereocenters. The summed E-state index contributed by atoms with van der Waals surface area (Å²) < 4.78 is 0. The van der Waals surface area contributed by atoms with Crippen molar-refractivity contribution in [1.29, 1.82) is 0 Å². The first-order valence-corrected chi connectivity index (χ1v) is 8.99. The molecular formula is C18H15ClN2O3S. The van der Waals surface area contributed by atoms with Gasteiger partial charge in [-0.3, -0.25) is 9.59 Å². The van der Waals surface area contributed by atoms with E-state index in [2.05, 4.69) is 4.98 Å². The van der Waals surface area contributed by atoms with Crippen LogP contribution >= 0.6 is 23.4 Å². The fraction of sp³-hybridized carbons (Fsp3) is 0.111. The molecule has 0 aliphatic rings. The Bertz CT molecular complexity index is 1020. The van der Waals surface area contributed by atoms with Crippen molar-refractivity contribution in [3.63, 3.8) is 0 Å². The number of rotatable bonds is 3. The van der Waals surface area contributed by atoms with Gasteiger partial charge in [-0.05, 0) is 48.7 Å². The van der Waals surface area contributed by atoms with Gasteiger partial charge in [-0.1, -0.05) is 11.6 Å². The molecule has 0 bridgehead atoms. The maximum absolute atomic E-state index is 12.8. The van der Waals surface area contributed by atoms with Crippen molar-refractivity contribution in [2.45, 2.75) is 4.90 Å². The Balaban J connectivity index is 2.12.